The molecule has 0 aliphatic carbocycles. The summed E-state index contributed by atoms with van der Waals surface area (Å²) in [4.78, 5) is 24.7. The van der Waals surface area contributed by atoms with Crippen molar-refractivity contribution in [3.63, 3.8) is 0 Å². The summed E-state index contributed by atoms with van der Waals surface area (Å²) in [5, 5.41) is 4.63. The van der Waals surface area contributed by atoms with Crippen LogP contribution in [0.4, 0.5) is 0 Å². The van der Waals surface area contributed by atoms with Crippen LogP contribution in [0.3, 0.4) is 0 Å². The van der Waals surface area contributed by atoms with E-state index in [2.05, 4.69) is 10.5 Å². The van der Waals surface area contributed by atoms with E-state index in [9.17, 15) is 9.59 Å². The van der Waals surface area contributed by atoms with Gasteiger partial charge in [-0.3, -0.25) is 4.79 Å². The minimum Gasteiger partial charge on any atom is -0.493 e. The summed E-state index contributed by atoms with van der Waals surface area (Å²) < 4.78 is 26.6. The highest BCUT2D eigenvalue weighted by Gasteiger charge is 2.18. The van der Waals surface area contributed by atoms with E-state index in [4.69, 9.17) is 46.9 Å². The second kappa shape index (κ2) is 12.7. The Balaban J connectivity index is 1.60. The number of rotatable bonds is 10. The lowest BCUT2D eigenvalue weighted by atomic mass is 10.1. The van der Waals surface area contributed by atoms with E-state index in [1.165, 1.54) is 45.7 Å². The fraction of sp³-hybridized carbons (Fsp3) is 0.160. The van der Waals surface area contributed by atoms with E-state index in [0.717, 1.165) is 0 Å². The minimum absolute atomic E-state index is 0.205. The lowest BCUT2D eigenvalue weighted by Crippen LogP contribution is -2.24. The molecule has 0 atom stereocenters. The lowest BCUT2D eigenvalue weighted by molar-refractivity contribution is -0.123. The van der Waals surface area contributed by atoms with Crippen LogP contribution in [-0.2, 0) is 4.79 Å². The van der Waals surface area contributed by atoms with Crippen molar-refractivity contribution in [2.75, 3.05) is 27.9 Å². The van der Waals surface area contributed by atoms with Gasteiger partial charge in [-0.2, -0.15) is 5.10 Å². The topological polar surface area (TPSA) is 105 Å². The zero-order chi connectivity index (χ0) is 26.1. The molecule has 3 aromatic carbocycles. The summed E-state index contributed by atoms with van der Waals surface area (Å²) in [5.41, 5.74) is 3.12. The molecule has 0 radical (unpaired) electrons. The fourth-order valence-corrected chi connectivity index (χ4v) is 3.43. The third-order valence-corrected chi connectivity index (χ3v) is 5.16. The molecule has 0 saturated carbocycles. The lowest BCUT2D eigenvalue weighted by Gasteiger charge is -2.13. The van der Waals surface area contributed by atoms with Crippen molar-refractivity contribution in [2.45, 2.75) is 0 Å². The van der Waals surface area contributed by atoms with E-state index in [1.54, 1.807) is 36.4 Å². The monoisotopic (exact) mass is 532 g/mol. The van der Waals surface area contributed by atoms with Crippen molar-refractivity contribution in [1.29, 1.82) is 0 Å². The smallest absolute Gasteiger partial charge is 0.343 e. The molecule has 0 aliphatic heterocycles. The normalized spacial score (nSPS) is 10.6. The van der Waals surface area contributed by atoms with E-state index in [-0.39, 0.29) is 22.9 Å². The second-order valence-corrected chi connectivity index (χ2v) is 7.88. The van der Waals surface area contributed by atoms with Crippen LogP contribution in [0.5, 0.6) is 28.7 Å². The highest BCUT2D eigenvalue weighted by atomic mass is 35.5. The molecular weight excluding hydrogens is 511 g/mol. The second-order valence-electron chi connectivity index (χ2n) is 7.03. The van der Waals surface area contributed by atoms with Gasteiger partial charge in [0.1, 0.15) is 11.5 Å². The number of hydrazone groups is 1. The van der Waals surface area contributed by atoms with Crippen LogP contribution >= 0.6 is 23.2 Å². The Labute approximate surface area is 217 Å². The van der Waals surface area contributed by atoms with E-state index in [0.29, 0.717) is 33.6 Å². The highest BCUT2D eigenvalue weighted by Crippen LogP contribution is 2.38. The first kappa shape index (κ1) is 26.7. The first-order chi connectivity index (χ1) is 17.3. The van der Waals surface area contributed by atoms with Crippen LogP contribution in [0.15, 0.2) is 59.7 Å². The predicted molar refractivity (Wildman–Crippen MR) is 135 cm³/mol. The summed E-state index contributed by atoms with van der Waals surface area (Å²) in [7, 11) is 4.37. The molecule has 1 amide bonds. The van der Waals surface area contributed by atoms with Crippen molar-refractivity contribution < 1.29 is 33.3 Å². The van der Waals surface area contributed by atoms with Crippen LogP contribution in [-0.4, -0.2) is 46.0 Å². The molecule has 0 unspecified atom stereocenters. The Morgan fingerprint density at radius 2 is 1.64 bits per heavy atom. The number of esters is 1. The average molecular weight is 533 g/mol. The number of halogens is 2. The summed E-state index contributed by atoms with van der Waals surface area (Å²) in [6.07, 6.45) is 1.39. The molecule has 188 valence electrons. The van der Waals surface area contributed by atoms with Gasteiger partial charge in [0.25, 0.3) is 5.91 Å². The van der Waals surface area contributed by atoms with Gasteiger partial charge in [0.05, 0.1) is 38.1 Å². The van der Waals surface area contributed by atoms with Crippen LogP contribution in [0.2, 0.25) is 10.0 Å². The van der Waals surface area contributed by atoms with Gasteiger partial charge in [-0.1, -0.05) is 35.3 Å². The Bertz CT molecular complexity index is 1260. The molecule has 0 aliphatic rings. The molecule has 3 rings (SSSR count). The number of nitrogens with zero attached hydrogens (tertiary/aromatic N) is 1. The molecule has 0 aromatic heterocycles. The first-order valence-corrected chi connectivity index (χ1v) is 11.1. The first-order valence-electron chi connectivity index (χ1n) is 10.4. The number of carbonyl (C=O) groups excluding carboxylic acids is 2. The molecule has 11 heteroatoms. The van der Waals surface area contributed by atoms with Gasteiger partial charge >= 0.3 is 5.97 Å². The maximum absolute atomic E-state index is 12.7. The number of carbonyl (C=O) groups is 2. The average Bonchev–Trinajstić information content (AvgIpc) is 2.87. The SMILES string of the molecule is COc1cc(C(=O)Oc2cccc(C=NNC(=O)COc3ccc(Cl)cc3Cl)c2)cc(OC)c1OC. The molecule has 9 nitrogen and oxygen atoms in total. The van der Waals surface area contributed by atoms with Crippen molar-refractivity contribution in [3.8, 4) is 28.7 Å². The van der Waals surface area contributed by atoms with E-state index >= 15 is 0 Å². The maximum Gasteiger partial charge on any atom is 0.343 e. The molecule has 0 bridgehead atoms. The van der Waals surface area contributed by atoms with Crippen molar-refractivity contribution in [2.24, 2.45) is 5.10 Å². The Hall–Kier alpha value is -3.95. The summed E-state index contributed by atoms with van der Waals surface area (Å²) >= 11 is 11.8. The number of amides is 1. The third-order valence-electron chi connectivity index (χ3n) is 4.62. The molecule has 0 saturated heterocycles. The largest absolute Gasteiger partial charge is 0.493 e. The summed E-state index contributed by atoms with van der Waals surface area (Å²) in [6, 6.07) is 14.2. The van der Waals surface area contributed by atoms with Gasteiger partial charge < -0.3 is 23.7 Å². The number of ether oxygens (including phenoxy) is 5. The zero-order valence-electron chi connectivity index (χ0n) is 19.5. The number of hydrogen-bond acceptors (Lipinski definition) is 8. The van der Waals surface area contributed by atoms with Gasteiger partial charge in [-0.05, 0) is 48.0 Å². The standard InChI is InChI=1S/C25H22Cl2N2O7/c1-32-21-10-16(11-22(33-2)24(21)34-3)25(31)36-18-6-4-5-15(9-18)13-28-29-23(30)14-35-20-8-7-17(26)12-19(20)27/h4-13H,14H2,1-3H3,(H,29,30). The van der Waals surface area contributed by atoms with Gasteiger partial charge in [0, 0.05) is 5.02 Å². The molecule has 1 N–H and O–H groups in total. The van der Waals surface area contributed by atoms with Crippen LogP contribution in [0.25, 0.3) is 0 Å². The molecule has 0 heterocycles. The predicted octanol–water partition coefficient (Wildman–Crippen LogP) is 4.77. The molecule has 0 fully saturated rings. The Morgan fingerprint density at radius 3 is 2.28 bits per heavy atom. The van der Waals surface area contributed by atoms with E-state index in [1.807, 2.05) is 0 Å². The number of nitrogens with one attached hydrogen (secondary N) is 1. The Kier molecular flexibility index (Phi) is 9.38. The molecular formula is C25H22Cl2N2O7. The van der Waals surface area contributed by atoms with Gasteiger partial charge in [0.2, 0.25) is 5.75 Å². The van der Waals surface area contributed by atoms with Crippen molar-refractivity contribution in [1.82, 2.24) is 5.43 Å². The summed E-state index contributed by atoms with van der Waals surface area (Å²) in [6.45, 7) is -0.300. The van der Waals surface area contributed by atoms with Crippen LogP contribution in [0.1, 0.15) is 15.9 Å². The van der Waals surface area contributed by atoms with Crippen LogP contribution < -0.4 is 29.1 Å². The quantitative estimate of drug-likeness (QED) is 0.173. The fourth-order valence-electron chi connectivity index (χ4n) is 2.97. The number of benzene rings is 3. The van der Waals surface area contributed by atoms with E-state index < -0.39 is 11.9 Å². The minimum atomic E-state index is -0.630. The molecule has 3 aromatic rings. The Morgan fingerprint density at radius 1 is 0.917 bits per heavy atom. The summed E-state index contributed by atoms with van der Waals surface area (Å²) in [5.74, 6) is 0.465. The number of methoxy groups -OCH3 is 3. The zero-order valence-corrected chi connectivity index (χ0v) is 21.1. The number of hydrogen-bond donors (Lipinski definition) is 1. The highest BCUT2D eigenvalue weighted by molar-refractivity contribution is 6.35. The van der Waals surface area contributed by atoms with Crippen molar-refractivity contribution in [3.05, 3.63) is 75.8 Å². The molecule has 0 spiro atoms. The van der Waals surface area contributed by atoms with Crippen LogP contribution in [0, 0.1) is 0 Å². The van der Waals surface area contributed by atoms with Gasteiger partial charge in [-0.15, -0.1) is 0 Å². The molecule has 36 heavy (non-hydrogen) atoms. The van der Waals surface area contributed by atoms with Gasteiger partial charge in [0.15, 0.2) is 18.1 Å². The maximum atomic E-state index is 12.7. The van der Waals surface area contributed by atoms with Crippen molar-refractivity contribution >= 4 is 41.3 Å². The third kappa shape index (κ3) is 7.03. The van der Waals surface area contributed by atoms with Gasteiger partial charge in [-0.25, -0.2) is 10.2 Å².